The van der Waals surface area contributed by atoms with E-state index in [9.17, 15) is 9.90 Å². The van der Waals surface area contributed by atoms with E-state index in [0.29, 0.717) is 12.8 Å². The van der Waals surface area contributed by atoms with E-state index in [1.54, 1.807) is 7.05 Å². The number of nitrogens with zero attached hydrogens (tertiary/aromatic N) is 2. The summed E-state index contributed by atoms with van der Waals surface area (Å²) in [5.41, 5.74) is 4.71. The minimum Gasteiger partial charge on any atom is -0.409 e. The van der Waals surface area contributed by atoms with E-state index in [4.69, 9.17) is 15.7 Å². The van der Waals surface area contributed by atoms with Crippen molar-refractivity contribution >= 4 is 11.7 Å². The Hall–Kier alpha value is -1.34. The van der Waals surface area contributed by atoms with Gasteiger partial charge in [-0.2, -0.15) is 0 Å². The summed E-state index contributed by atoms with van der Waals surface area (Å²) in [5.74, 6) is -0.272. The molecule has 1 aliphatic rings. The van der Waals surface area contributed by atoms with Gasteiger partial charge >= 0.3 is 0 Å². The summed E-state index contributed by atoms with van der Waals surface area (Å²) >= 11 is 0. The molecule has 0 aliphatic heterocycles. The third-order valence-corrected chi connectivity index (χ3v) is 3.40. The van der Waals surface area contributed by atoms with Crippen molar-refractivity contribution in [2.75, 3.05) is 27.3 Å². The second kappa shape index (κ2) is 6.01. The average Bonchev–Trinajstić information content (AvgIpc) is 2.27. The topological polar surface area (TPSA) is 108 Å². The molecule has 1 unspecified atom stereocenters. The van der Waals surface area contributed by atoms with Crippen molar-refractivity contribution < 1.29 is 19.8 Å². The Morgan fingerprint density at radius 2 is 2.22 bits per heavy atom. The summed E-state index contributed by atoms with van der Waals surface area (Å²) in [6.45, 7) is 0.321. The van der Waals surface area contributed by atoms with E-state index in [2.05, 4.69) is 5.16 Å². The number of rotatable bonds is 6. The summed E-state index contributed by atoms with van der Waals surface area (Å²) in [4.78, 5) is 13.7. The molecule has 0 spiro atoms. The predicted octanol–water partition coefficient (Wildman–Crippen LogP) is -0.631. The van der Waals surface area contributed by atoms with Crippen LogP contribution in [-0.4, -0.2) is 60.4 Å². The van der Waals surface area contributed by atoms with Crippen LogP contribution in [0, 0.1) is 5.41 Å². The van der Waals surface area contributed by atoms with Crippen LogP contribution in [0.2, 0.25) is 0 Å². The van der Waals surface area contributed by atoms with Crippen molar-refractivity contribution in [1.82, 2.24) is 4.90 Å². The minimum absolute atomic E-state index is 0.0492. The first-order chi connectivity index (χ1) is 8.47. The number of nitrogens with two attached hydrogens (primary N) is 1. The molecule has 0 aromatic rings. The van der Waals surface area contributed by atoms with Gasteiger partial charge in [-0.3, -0.25) is 4.79 Å². The fourth-order valence-corrected chi connectivity index (χ4v) is 2.22. The molecule has 1 aliphatic carbocycles. The number of likely N-dealkylation sites (N-methyl/N-ethyl adjacent to an activating group) is 1. The highest BCUT2D eigenvalue weighted by Gasteiger charge is 2.49. The molecule has 7 nitrogen and oxygen atoms in total. The smallest absolute Gasteiger partial charge is 0.236 e. The van der Waals surface area contributed by atoms with Crippen LogP contribution in [-0.2, 0) is 9.53 Å². The lowest BCUT2D eigenvalue weighted by molar-refractivity contribution is -0.142. The highest BCUT2D eigenvalue weighted by molar-refractivity contribution is 6.07. The predicted molar refractivity (Wildman–Crippen MR) is 65.2 cm³/mol. The van der Waals surface area contributed by atoms with Crippen molar-refractivity contribution in [3.8, 4) is 0 Å². The standard InChI is InChI=1S/C11H21N3O4/c1-14(6-8(15)7-18-2)10(16)11(4-3-5-11)9(12)13-17/h8,15,17H,3-7H2,1-2H3,(H2,12,13). The molecule has 1 rings (SSSR count). The first-order valence-electron chi connectivity index (χ1n) is 5.88. The van der Waals surface area contributed by atoms with Crippen molar-refractivity contribution in [1.29, 1.82) is 0 Å². The van der Waals surface area contributed by atoms with E-state index >= 15 is 0 Å². The second-order valence-electron chi connectivity index (χ2n) is 4.72. The van der Waals surface area contributed by atoms with Crippen molar-refractivity contribution in [3.05, 3.63) is 0 Å². The molecule has 104 valence electrons. The van der Waals surface area contributed by atoms with Gasteiger partial charge in [0.2, 0.25) is 5.91 Å². The van der Waals surface area contributed by atoms with Crippen LogP contribution in [0.5, 0.6) is 0 Å². The molecule has 0 aromatic heterocycles. The molecule has 0 saturated heterocycles. The monoisotopic (exact) mass is 259 g/mol. The van der Waals surface area contributed by atoms with Gasteiger partial charge < -0.3 is 25.7 Å². The Kier molecular flexibility index (Phi) is 4.92. The van der Waals surface area contributed by atoms with Crippen LogP contribution in [0.1, 0.15) is 19.3 Å². The number of ether oxygens (including phenoxy) is 1. The Bertz CT molecular complexity index is 328. The summed E-state index contributed by atoms with van der Waals surface area (Å²) in [6, 6.07) is 0. The van der Waals surface area contributed by atoms with Crippen LogP contribution in [0.3, 0.4) is 0 Å². The first kappa shape index (κ1) is 14.7. The maximum Gasteiger partial charge on any atom is 0.236 e. The number of hydrogen-bond acceptors (Lipinski definition) is 5. The molecule has 1 amide bonds. The van der Waals surface area contributed by atoms with Gasteiger partial charge in [-0.15, -0.1) is 0 Å². The first-order valence-corrected chi connectivity index (χ1v) is 5.88. The quantitative estimate of drug-likeness (QED) is 0.255. The summed E-state index contributed by atoms with van der Waals surface area (Å²) < 4.78 is 4.80. The third kappa shape index (κ3) is 2.73. The fraction of sp³-hybridized carbons (Fsp3) is 0.818. The molecule has 1 atom stereocenters. The number of carbonyl (C=O) groups is 1. The second-order valence-corrected chi connectivity index (χ2v) is 4.72. The molecule has 0 aromatic carbocycles. The number of oxime groups is 1. The summed E-state index contributed by atoms with van der Waals surface area (Å²) in [7, 11) is 3.07. The van der Waals surface area contributed by atoms with Gasteiger partial charge in [-0.25, -0.2) is 0 Å². The highest BCUT2D eigenvalue weighted by atomic mass is 16.5. The highest BCUT2D eigenvalue weighted by Crippen LogP contribution is 2.42. The third-order valence-electron chi connectivity index (χ3n) is 3.40. The lowest BCUT2D eigenvalue weighted by Crippen LogP contribution is -2.55. The van der Waals surface area contributed by atoms with Crippen LogP contribution in [0.4, 0.5) is 0 Å². The maximum absolute atomic E-state index is 12.3. The number of amidine groups is 1. The Morgan fingerprint density at radius 1 is 1.61 bits per heavy atom. The zero-order chi connectivity index (χ0) is 13.8. The van der Waals surface area contributed by atoms with Crippen molar-refractivity contribution in [3.63, 3.8) is 0 Å². The van der Waals surface area contributed by atoms with E-state index < -0.39 is 11.5 Å². The minimum atomic E-state index is -0.893. The molecule has 1 saturated carbocycles. The number of aliphatic hydroxyl groups excluding tert-OH is 1. The number of amides is 1. The number of methoxy groups -OCH3 is 1. The Morgan fingerprint density at radius 3 is 2.61 bits per heavy atom. The SMILES string of the molecule is COCC(O)CN(C)C(=O)C1(C(N)=NO)CCC1. The van der Waals surface area contributed by atoms with Gasteiger partial charge in [0, 0.05) is 20.7 Å². The van der Waals surface area contributed by atoms with Gasteiger partial charge in [0.05, 0.1) is 12.7 Å². The van der Waals surface area contributed by atoms with Crippen LogP contribution in [0.15, 0.2) is 5.16 Å². The molecule has 4 N–H and O–H groups in total. The molecule has 0 bridgehead atoms. The van der Waals surface area contributed by atoms with Gasteiger partial charge in [-0.1, -0.05) is 11.6 Å². The number of hydrogen-bond donors (Lipinski definition) is 3. The zero-order valence-electron chi connectivity index (χ0n) is 10.8. The zero-order valence-corrected chi connectivity index (χ0v) is 10.8. The lowest BCUT2D eigenvalue weighted by Gasteiger charge is -2.41. The van der Waals surface area contributed by atoms with Crippen LogP contribution < -0.4 is 5.73 Å². The van der Waals surface area contributed by atoms with Gasteiger partial charge in [0.1, 0.15) is 5.41 Å². The number of carbonyl (C=O) groups excluding carboxylic acids is 1. The van der Waals surface area contributed by atoms with Crippen LogP contribution >= 0.6 is 0 Å². The molecule has 0 radical (unpaired) electrons. The van der Waals surface area contributed by atoms with Gasteiger partial charge in [0.15, 0.2) is 5.84 Å². The van der Waals surface area contributed by atoms with E-state index in [1.807, 2.05) is 0 Å². The maximum atomic E-state index is 12.3. The van der Waals surface area contributed by atoms with Gasteiger partial charge in [-0.05, 0) is 12.8 Å². The normalized spacial score (nSPS) is 20.1. The van der Waals surface area contributed by atoms with Crippen LogP contribution in [0.25, 0.3) is 0 Å². The van der Waals surface area contributed by atoms with Crippen molar-refractivity contribution in [2.45, 2.75) is 25.4 Å². The van der Waals surface area contributed by atoms with E-state index in [1.165, 1.54) is 12.0 Å². The lowest BCUT2D eigenvalue weighted by atomic mass is 9.67. The molecule has 1 fully saturated rings. The summed E-state index contributed by atoms with van der Waals surface area (Å²) in [5, 5.41) is 21.3. The molecule has 7 heteroatoms. The average molecular weight is 259 g/mol. The fourth-order valence-electron chi connectivity index (χ4n) is 2.22. The Labute approximate surface area is 106 Å². The van der Waals surface area contributed by atoms with E-state index in [-0.39, 0.29) is 24.9 Å². The summed E-state index contributed by atoms with van der Waals surface area (Å²) in [6.07, 6.45) is 1.28. The number of aliphatic hydroxyl groups is 1. The van der Waals surface area contributed by atoms with E-state index in [0.717, 1.165) is 6.42 Å². The largest absolute Gasteiger partial charge is 0.409 e. The Balaban J connectivity index is 2.67. The molecular formula is C11H21N3O4. The molecular weight excluding hydrogens is 238 g/mol. The molecule has 18 heavy (non-hydrogen) atoms. The molecule has 0 heterocycles. The van der Waals surface area contributed by atoms with Crippen molar-refractivity contribution in [2.24, 2.45) is 16.3 Å². The van der Waals surface area contributed by atoms with Gasteiger partial charge in [0.25, 0.3) is 0 Å².